The first kappa shape index (κ1) is 8.70. The number of aromatic nitrogens is 1. The molecule has 0 amide bonds. The van der Waals surface area contributed by atoms with Gasteiger partial charge in [-0.3, -0.25) is 4.98 Å². The van der Waals surface area contributed by atoms with Crippen molar-refractivity contribution in [2.45, 2.75) is 38.7 Å². The summed E-state index contributed by atoms with van der Waals surface area (Å²) in [6.07, 6.45) is 2.55. The van der Waals surface area contributed by atoms with Gasteiger partial charge in [-0.05, 0) is 37.8 Å². The summed E-state index contributed by atoms with van der Waals surface area (Å²) in [5.41, 5.74) is 2.47. The molecule has 0 aromatic carbocycles. The van der Waals surface area contributed by atoms with Gasteiger partial charge >= 0.3 is 0 Å². The van der Waals surface area contributed by atoms with Crippen LogP contribution in [0.5, 0.6) is 0 Å². The standard InChI is InChI=1S/C11H15NO/c1-3-11(13)7-6-9-5-4-8(2)12-10(9)11/h4-5,13H,3,6-7H2,1-2H3/t11-/m0/s1. The fourth-order valence-electron chi connectivity index (χ4n) is 1.99. The third-order valence-electron chi connectivity index (χ3n) is 2.95. The molecule has 0 aliphatic heterocycles. The Morgan fingerprint density at radius 3 is 3.00 bits per heavy atom. The van der Waals surface area contributed by atoms with Crippen LogP contribution in [-0.4, -0.2) is 10.1 Å². The molecule has 70 valence electrons. The van der Waals surface area contributed by atoms with Crippen LogP contribution in [0.15, 0.2) is 12.1 Å². The second-order valence-electron chi connectivity index (χ2n) is 3.85. The van der Waals surface area contributed by atoms with E-state index in [2.05, 4.69) is 11.1 Å². The highest BCUT2D eigenvalue weighted by atomic mass is 16.3. The maximum Gasteiger partial charge on any atom is 0.107 e. The van der Waals surface area contributed by atoms with E-state index in [0.29, 0.717) is 0 Å². The minimum atomic E-state index is -0.651. The van der Waals surface area contributed by atoms with Gasteiger partial charge in [0.05, 0.1) is 5.69 Å². The van der Waals surface area contributed by atoms with Gasteiger partial charge < -0.3 is 5.11 Å². The van der Waals surface area contributed by atoms with Crippen molar-refractivity contribution in [2.24, 2.45) is 0 Å². The first-order chi connectivity index (χ1) is 6.15. The van der Waals surface area contributed by atoms with E-state index in [1.165, 1.54) is 5.56 Å². The second kappa shape index (κ2) is 2.81. The molecule has 1 aliphatic rings. The predicted octanol–water partition coefficient (Wildman–Crippen LogP) is 1.93. The largest absolute Gasteiger partial charge is 0.384 e. The van der Waals surface area contributed by atoms with E-state index in [4.69, 9.17) is 0 Å². The Kier molecular flexibility index (Phi) is 1.88. The fraction of sp³-hybridized carbons (Fsp3) is 0.545. The molecule has 0 saturated carbocycles. The van der Waals surface area contributed by atoms with Gasteiger partial charge in [-0.2, -0.15) is 0 Å². The smallest absolute Gasteiger partial charge is 0.107 e. The summed E-state index contributed by atoms with van der Waals surface area (Å²) in [6.45, 7) is 3.98. The summed E-state index contributed by atoms with van der Waals surface area (Å²) in [5, 5.41) is 10.2. The summed E-state index contributed by atoms with van der Waals surface area (Å²) >= 11 is 0. The summed E-state index contributed by atoms with van der Waals surface area (Å²) in [5.74, 6) is 0. The third kappa shape index (κ3) is 1.25. The zero-order valence-corrected chi connectivity index (χ0v) is 8.17. The van der Waals surface area contributed by atoms with E-state index < -0.39 is 5.60 Å². The van der Waals surface area contributed by atoms with Crippen LogP contribution in [-0.2, 0) is 12.0 Å². The molecule has 1 heterocycles. The number of rotatable bonds is 1. The second-order valence-corrected chi connectivity index (χ2v) is 3.85. The minimum Gasteiger partial charge on any atom is -0.384 e. The molecule has 0 spiro atoms. The molecule has 2 heteroatoms. The van der Waals surface area contributed by atoms with Crippen molar-refractivity contribution < 1.29 is 5.11 Å². The molecule has 2 nitrogen and oxygen atoms in total. The number of fused-ring (bicyclic) bond motifs is 1. The summed E-state index contributed by atoms with van der Waals surface area (Å²) < 4.78 is 0. The van der Waals surface area contributed by atoms with Crippen LogP contribution in [0, 0.1) is 6.92 Å². The van der Waals surface area contributed by atoms with Crippen LogP contribution >= 0.6 is 0 Å². The molecule has 2 rings (SSSR count). The molecule has 0 saturated heterocycles. The van der Waals surface area contributed by atoms with E-state index in [-0.39, 0.29) is 0 Å². The predicted molar refractivity (Wildman–Crippen MR) is 51.5 cm³/mol. The number of aliphatic hydroxyl groups is 1. The number of pyridine rings is 1. The number of aryl methyl sites for hydroxylation is 2. The SMILES string of the molecule is CC[C@]1(O)CCc2ccc(C)nc21. The topological polar surface area (TPSA) is 33.1 Å². The maximum atomic E-state index is 10.2. The number of nitrogens with zero attached hydrogens (tertiary/aromatic N) is 1. The van der Waals surface area contributed by atoms with Crippen LogP contribution in [0.3, 0.4) is 0 Å². The lowest BCUT2D eigenvalue weighted by molar-refractivity contribution is 0.0305. The number of hydrogen-bond acceptors (Lipinski definition) is 2. The average molecular weight is 177 g/mol. The third-order valence-corrected chi connectivity index (χ3v) is 2.95. The normalized spacial score (nSPS) is 26.1. The van der Waals surface area contributed by atoms with E-state index in [1.807, 2.05) is 19.9 Å². The van der Waals surface area contributed by atoms with Gasteiger partial charge in [0.1, 0.15) is 5.60 Å². The molecule has 0 bridgehead atoms. The van der Waals surface area contributed by atoms with Crippen LogP contribution < -0.4 is 0 Å². The Hall–Kier alpha value is -0.890. The number of hydrogen-bond donors (Lipinski definition) is 1. The van der Waals surface area contributed by atoms with E-state index in [9.17, 15) is 5.11 Å². The lowest BCUT2D eigenvalue weighted by atomic mass is 9.98. The Labute approximate surface area is 78.6 Å². The molecule has 0 radical (unpaired) electrons. The molecule has 0 unspecified atom stereocenters. The van der Waals surface area contributed by atoms with Crippen molar-refractivity contribution in [3.8, 4) is 0 Å². The molecule has 1 atom stereocenters. The van der Waals surface area contributed by atoms with Gasteiger partial charge in [0, 0.05) is 5.69 Å². The first-order valence-electron chi connectivity index (χ1n) is 4.85. The summed E-state index contributed by atoms with van der Waals surface area (Å²) in [6, 6.07) is 4.10. The van der Waals surface area contributed by atoms with Gasteiger partial charge in [-0.15, -0.1) is 0 Å². The molecule has 13 heavy (non-hydrogen) atoms. The van der Waals surface area contributed by atoms with E-state index >= 15 is 0 Å². The van der Waals surface area contributed by atoms with Gasteiger partial charge in [-0.1, -0.05) is 13.0 Å². The van der Waals surface area contributed by atoms with Crippen molar-refractivity contribution in [1.29, 1.82) is 0 Å². The quantitative estimate of drug-likeness (QED) is 0.711. The molecule has 1 aromatic heterocycles. The fourth-order valence-corrected chi connectivity index (χ4v) is 1.99. The highest BCUT2D eigenvalue weighted by Crippen LogP contribution is 2.37. The molecule has 1 aromatic rings. The Morgan fingerprint density at radius 1 is 1.54 bits per heavy atom. The zero-order chi connectivity index (χ0) is 9.47. The van der Waals surface area contributed by atoms with Crippen molar-refractivity contribution in [2.75, 3.05) is 0 Å². The Balaban J connectivity index is 2.52. The van der Waals surface area contributed by atoms with Crippen molar-refractivity contribution >= 4 is 0 Å². The van der Waals surface area contributed by atoms with Gasteiger partial charge in [0.2, 0.25) is 0 Å². The van der Waals surface area contributed by atoms with Crippen molar-refractivity contribution in [1.82, 2.24) is 4.98 Å². The average Bonchev–Trinajstić information content (AvgIpc) is 2.45. The molecule has 0 fully saturated rings. The summed E-state index contributed by atoms with van der Waals surface area (Å²) in [7, 11) is 0. The highest BCUT2D eigenvalue weighted by molar-refractivity contribution is 5.32. The molecular weight excluding hydrogens is 162 g/mol. The highest BCUT2D eigenvalue weighted by Gasteiger charge is 2.36. The zero-order valence-electron chi connectivity index (χ0n) is 8.17. The monoisotopic (exact) mass is 177 g/mol. The lowest BCUT2D eigenvalue weighted by Gasteiger charge is -2.20. The van der Waals surface area contributed by atoms with Gasteiger partial charge in [0.15, 0.2) is 0 Å². The first-order valence-corrected chi connectivity index (χ1v) is 4.85. The van der Waals surface area contributed by atoms with E-state index in [1.54, 1.807) is 0 Å². The molecule has 1 N–H and O–H groups in total. The summed E-state index contributed by atoms with van der Waals surface area (Å²) in [4.78, 5) is 4.43. The van der Waals surface area contributed by atoms with Gasteiger partial charge in [-0.25, -0.2) is 0 Å². The van der Waals surface area contributed by atoms with Crippen molar-refractivity contribution in [3.05, 3.63) is 29.1 Å². The minimum absolute atomic E-state index is 0.651. The molecule has 1 aliphatic carbocycles. The molecular formula is C11H15NO. The van der Waals surface area contributed by atoms with Crippen molar-refractivity contribution in [3.63, 3.8) is 0 Å². The van der Waals surface area contributed by atoms with E-state index in [0.717, 1.165) is 30.7 Å². The van der Waals surface area contributed by atoms with Crippen LogP contribution in [0.2, 0.25) is 0 Å². The maximum absolute atomic E-state index is 10.2. The van der Waals surface area contributed by atoms with Gasteiger partial charge in [0.25, 0.3) is 0 Å². The van der Waals surface area contributed by atoms with Crippen LogP contribution in [0.4, 0.5) is 0 Å². The Bertz CT molecular complexity index is 335. The van der Waals surface area contributed by atoms with Crippen LogP contribution in [0.1, 0.15) is 36.7 Å². The van der Waals surface area contributed by atoms with Crippen LogP contribution in [0.25, 0.3) is 0 Å². The lowest BCUT2D eigenvalue weighted by Crippen LogP contribution is -2.22. The Morgan fingerprint density at radius 2 is 2.31 bits per heavy atom.